The van der Waals surface area contributed by atoms with Crippen molar-refractivity contribution in [1.82, 2.24) is 20.0 Å². The van der Waals surface area contributed by atoms with Gasteiger partial charge in [-0.25, -0.2) is 0 Å². The van der Waals surface area contributed by atoms with Crippen molar-refractivity contribution in [3.8, 4) is 0 Å². The fourth-order valence-electron chi connectivity index (χ4n) is 3.50. The molecule has 4 heteroatoms. The highest BCUT2D eigenvalue weighted by atomic mass is 15.3. The van der Waals surface area contributed by atoms with Crippen molar-refractivity contribution in [2.75, 3.05) is 19.6 Å². The molecule has 4 nitrogen and oxygen atoms in total. The maximum atomic E-state index is 4.68. The zero-order valence-electron chi connectivity index (χ0n) is 15.2. The van der Waals surface area contributed by atoms with Gasteiger partial charge in [-0.1, -0.05) is 20.8 Å². The first-order chi connectivity index (χ1) is 10.5. The van der Waals surface area contributed by atoms with Gasteiger partial charge in [-0.15, -0.1) is 0 Å². The molecule has 0 saturated carbocycles. The summed E-state index contributed by atoms with van der Waals surface area (Å²) in [4.78, 5) is 2.61. The molecule has 2 heterocycles. The minimum Gasteiger partial charge on any atom is -0.310 e. The third-order valence-corrected chi connectivity index (χ3v) is 4.75. The summed E-state index contributed by atoms with van der Waals surface area (Å²) in [6.07, 6.45) is 3.69. The molecule has 0 unspecified atom stereocenters. The molecular formula is C18H34N4. The number of hydrogen-bond acceptors (Lipinski definition) is 3. The van der Waals surface area contributed by atoms with Crippen molar-refractivity contribution in [1.29, 1.82) is 0 Å². The van der Waals surface area contributed by atoms with Crippen molar-refractivity contribution >= 4 is 0 Å². The van der Waals surface area contributed by atoms with Crippen LogP contribution < -0.4 is 5.32 Å². The first kappa shape index (κ1) is 17.5. The Kier molecular flexibility index (Phi) is 6.45. The van der Waals surface area contributed by atoms with Gasteiger partial charge in [-0.3, -0.25) is 4.68 Å². The molecule has 1 N–H and O–H groups in total. The molecule has 1 aliphatic rings. The Morgan fingerprint density at radius 2 is 1.91 bits per heavy atom. The van der Waals surface area contributed by atoms with E-state index in [-0.39, 0.29) is 0 Å². The second-order valence-corrected chi connectivity index (χ2v) is 7.22. The summed E-state index contributed by atoms with van der Waals surface area (Å²) in [5.74, 6) is 0.777. The van der Waals surface area contributed by atoms with Gasteiger partial charge in [-0.2, -0.15) is 5.10 Å². The average Bonchev–Trinajstić information content (AvgIpc) is 2.73. The Labute approximate surface area is 136 Å². The highest BCUT2D eigenvalue weighted by Crippen LogP contribution is 2.16. The van der Waals surface area contributed by atoms with Gasteiger partial charge < -0.3 is 10.2 Å². The van der Waals surface area contributed by atoms with Crippen LogP contribution in [0, 0.1) is 19.8 Å². The minimum atomic E-state index is 0.664. The van der Waals surface area contributed by atoms with Gasteiger partial charge >= 0.3 is 0 Å². The second-order valence-electron chi connectivity index (χ2n) is 7.22. The number of rotatable bonds is 7. The topological polar surface area (TPSA) is 33.1 Å². The molecule has 1 aromatic rings. The van der Waals surface area contributed by atoms with Gasteiger partial charge in [0.15, 0.2) is 0 Å². The molecule has 0 atom stereocenters. The van der Waals surface area contributed by atoms with Crippen LogP contribution in [0.5, 0.6) is 0 Å². The molecule has 1 fully saturated rings. The largest absolute Gasteiger partial charge is 0.310 e. The van der Waals surface area contributed by atoms with Crippen molar-refractivity contribution < 1.29 is 0 Å². The molecular weight excluding hydrogens is 272 g/mol. The number of nitrogens with zero attached hydrogens (tertiary/aromatic N) is 3. The lowest BCUT2D eigenvalue weighted by Crippen LogP contribution is -2.43. The Morgan fingerprint density at radius 3 is 2.50 bits per heavy atom. The molecule has 0 bridgehead atoms. The van der Waals surface area contributed by atoms with E-state index in [1.807, 2.05) is 0 Å². The van der Waals surface area contributed by atoms with Crippen LogP contribution in [0.4, 0.5) is 0 Å². The first-order valence-corrected chi connectivity index (χ1v) is 8.99. The van der Waals surface area contributed by atoms with Crippen molar-refractivity contribution in [3.05, 3.63) is 17.0 Å². The Morgan fingerprint density at radius 1 is 1.23 bits per heavy atom. The van der Waals surface area contributed by atoms with E-state index >= 15 is 0 Å². The number of likely N-dealkylation sites (tertiary alicyclic amines) is 1. The molecule has 0 radical (unpaired) electrons. The highest BCUT2D eigenvalue weighted by molar-refractivity contribution is 5.24. The van der Waals surface area contributed by atoms with E-state index in [0.29, 0.717) is 6.04 Å². The zero-order chi connectivity index (χ0) is 16.1. The van der Waals surface area contributed by atoms with Gasteiger partial charge in [-0.05, 0) is 52.1 Å². The normalized spacial score (nSPS) is 17.5. The number of piperidine rings is 1. The zero-order valence-corrected chi connectivity index (χ0v) is 15.2. The summed E-state index contributed by atoms with van der Waals surface area (Å²) in [6, 6.07) is 0.664. The van der Waals surface area contributed by atoms with Crippen LogP contribution >= 0.6 is 0 Å². The van der Waals surface area contributed by atoms with Crippen LogP contribution in [0.1, 0.15) is 57.0 Å². The maximum Gasteiger partial charge on any atom is 0.0641 e. The molecule has 1 aromatic heterocycles. The molecule has 0 spiro atoms. The molecule has 126 valence electrons. The second kappa shape index (κ2) is 8.11. The van der Waals surface area contributed by atoms with E-state index in [1.165, 1.54) is 49.4 Å². The Bertz CT molecular complexity index is 456. The number of aromatic nitrogens is 2. The van der Waals surface area contributed by atoms with Crippen LogP contribution in [0.15, 0.2) is 0 Å². The van der Waals surface area contributed by atoms with E-state index < -0.39 is 0 Å². The van der Waals surface area contributed by atoms with Crippen molar-refractivity contribution in [3.63, 3.8) is 0 Å². The SMILES string of the molecule is CCCn1nc(C)c(CNC2CCN(CC(C)C)CC2)c1C. The summed E-state index contributed by atoms with van der Waals surface area (Å²) in [5, 5.41) is 8.45. The maximum absolute atomic E-state index is 4.68. The van der Waals surface area contributed by atoms with Crippen molar-refractivity contribution in [2.45, 2.75) is 73.0 Å². The minimum absolute atomic E-state index is 0.664. The predicted octanol–water partition coefficient (Wildman–Crippen LogP) is 3.12. The lowest BCUT2D eigenvalue weighted by atomic mass is 10.0. The number of nitrogens with one attached hydrogen (secondary N) is 1. The molecule has 1 aliphatic heterocycles. The fourth-order valence-corrected chi connectivity index (χ4v) is 3.50. The van der Waals surface area contributed by atoms with Gasteiger partial charge in [0.05, 0.1) is 5.69 Å². The molecule has 0 aromatic carbocycles. The van der Waals surface area contributed by atoms with E-state index in [1.54, 1.807) is 0 Å². The van der Waals surface area contributed by atoms with Crippen LogP contribution in [0.25, 0.3) is 0 Å². The van der Waals surface area contributed by atoms with Crippen LogP contribution in [-0.2, 0) is 13.1 Å². The van der Waals surface area contributed by atoms with E-state index in [0.717, 1.165) is 25.4 Å². The van der Waals surface area contributed by atoms with E-state index in [9.17, 15) is 0 Å². The predicted molar refractivity (Wildman–Crippen MR) is 93.1 cm³/mol. The summed E-state index contributed by atoms with van der Waals surface area (Å²) in [7, 11) is 0. The summed E-state index contributed by atoms with van der Waals surface area (Å²) in [5.41, 5.74) is 3.93. The summed E-state index contributed by atoms with van der Waals surface area (Å²) >= 11 is 0. The molecule has 2 rings (SSSR count). The molecule has 1 saturated heterocycles. The average molecular weight is 306 g/mol. The van der Waals surface area contributed by atoms with Gasteiger partial charge in [0.1, 0.15) is 0 Å². The van der Waals surface area contributed by atoms with Gasteiger partial charge in [0, 0.05) is 36.9 Å². The fraction of sp³-hybridized carbons (Fsp3) is 0.833. The van der Waals surface area contributed by atoms with Gasteiger partial charge in [0.2, 0.25) is 0 Å². The standard InChI is InChI=1S/C18H34N4/c1-6-9-22-16(5)18(15(4)20-22)12-19-17-7-10-21(11-8-17)13-14(2)3/h14,17,19H,6-13H2,1-5H3. The quantitative estimate of drug-likeness (QED) is 0.840. The van der Waals surface area contributed by atoms with Gasteiger partial charge in [0.25, 0.3) is 0 Å². The number of aryl methyl sites for hydroxylation is 2. The lowest BCUT2D eigenvalue weighted by Gasteiger charge is -2.33. The third-order valence-electron chi connectivity index (χ3n) is 4.75. The van der Waals surface area contributed by atoms with E-state index in [2.05, 4.69) is 54.6 Å². The van der Waals surface area contributed by atoms with Crippen LogP contribution in [0.2, 0.25) is 0 Å². The number of hydrogen-bond donors (Lipinski definition) is 1. The molecule has 0 amide bonds. The molecule has 0 aliphatic carbocycles. The van der Waals surface area contributed by atoms with Crippen LogP contribution in [-0.4, -0.2) is 40.4 Å². The van der Waals surface area contributed by atoms with Crippen molar-refractivity contribution in [2.24, 2.45) is 5.92 Å². The van der Waals surface area contributed by atoms with Crippen LogP contribution in [0.3, 0.4) is 0 Å². The smallest absolute Gasteiger partial charge is 0.0641 e. The Balaban J connectivity index is 1.82. The first-order valence-electron chi connectivity index (χ1n) is 8.99. The third kappa shape index (κ3) is 4.56. The Hall–Kier alpha value is -0.870. The van der Waals surface area contributed by atoms with E-state index in [4.69, 9.17) is 0 Å². The molecule has 22 heavy (non-hydrogen) atoms. The summed E-state index contributed by atoms with van der Waals surface area (Å²) < 4.78 is 2.16. The lowest BCUT2D eigenvalue weighted by molar-refractivity contribution is 0.179. The monoisotopic (exact) mass is 306 g/mol. The summed E-state index contributed by atoms with van der Waals surface area (Å²) in [6.45, 7) is 16.9. The highest BCUT2D eigenvalue weighted by Gasteiger charge is 2.20.